The maximum Gasteiger partial charge on any atom is 0.272 e. The first-order valence-corrected chi connectivity index (χ1v) is 6.21. The average Bonchev–Trinajstić information content (AvgIpc) is 2.46. The fraction of sp³-hybridized carbons (Fsp3) is 0.357. The molecule has 0 spiro atoms. The molecule has 1 aromatic rings. The lowest BCUT2D eigenvalue weighted by Gasteiger charge is -2.11. The molecular formula is C14H19F2N3O. The van der Waals surface area contributed by atoms with Crippen LogP contribution >= 0.6 is 0 Å². The van der Waals surface area contributed by atoms with Crippen molar-refractivity contribution in [1.82, 2.24) is 10.6 Å². The van der Waals surface area contributed by atoms with Crippen LogP contribution in [0.25, 0.3) is 0 Å². The lowest BCUT2D eigenvalue weighted by atomic mass is 10.2. The van der Waals surface area contributed by atoms with E-state index in [1.807, 2.05) is 6.07 Å². The second-order valence-electron chi connectivity index (χ2n) is 3.94. The molecule has 0 unspecified atom stereocenters. The molecule has 20 heavy (non-hydrogen) atoms. The van der Waals surface area contributed by atoms with Crippen LogP contribution < -0.4 is 15.4 Å². The zero-order valence-corrected chi connectivity index (χ0v) is 11.4. The van der Waals surface area contributed by atoms with Gasteiger partial charge in [-0.25, -0.2) is 8.78 Å². The summed E-state index contributed by atoms with van der Waals surface area (Å²) in [6.45, 7) is 4.14. The number of nitrogens with one attached hydrogen (secondary N) is 2. The Hall–Kier alpha value is -2.11. The fourth-order valence-electron chi connectivity index (χ4n) is 1.48. The van der Waals surface area contributed by atoms with Gasteiger partial charge in [-0.2, -0.15) is 0 Å². The third-order valence-corrected chi connectivity index (χ3v) is 2.37. The van der Waals surface area contributed by atoms with E-state index in [2.05, 4.69) is 22.2 Å². The summed E-state index contributed by atoms with van der Waals surface area (Å²) >= 11 is 0. The first-order valence-electron chi connectivity index (χ1n) is 6.21. The molecule has 0 aromatic heterocycles. The van der Waals surface area contributed by atoms with Crippen LogP contribution in [-0.2, 0) is 6.54 Å². The molecule has 0 bridgehead atoms. The minimum absolute atomic E-state index is 0.429. The van der Waals surface area contributed by atoms with Crippen molar-refractivity contribution in [3.63, 3.8) is 0 Å². The smallest absolute Gasteiger partial charge is 0.272 e. The van der Waals surface area contributed by atoms with E-state index >= 15 is 0 Å². The van der Waals surface area contributed by atoms with Gasteiger partial charge in [0.15, 0.2) is 5.96 Å². The second-order valence-corrected chi connectivity index (χ2v) is 3.94. The summed E-state index contributed by atoms with van der Waals surface area (Å²) in [6, 6.07) is 7.01. The van der Waals surface area contributed by atoms with E-state index < -0.39 is 13.0 Å². The fourth-order valence-corrected chi connectivity index (χ4v) is 1.48. The van der Waals surface area contributed by atoms with Gasteiger partial charge in [0, 0.05) is 20.1 Å². The Morgan fingerprint density at radius 1 is 1.45 bits per heavy atom. The highest BCUT2D eigenvalue weighted by atomic mass is 19.3. The van der Waals surface area contributed by atoms with Gasteiger partial charge in [0.05, 0.1) is 0 Å². The lowest BCUT2D eigenvalue weighted by Crippen LogP contribution is -2.36. The summed E-state index contributed by atoms with van der Waals surface area (Å²) in [7, 11) is 1.67. The maximum absolute atomic E-state index is 12.1. The number of hydrogen-bond acceptors (Lipinski definition) is 2. The van der Waals surface area contributed by atoms with Crippen LogP contribution in [0.15, 0.2) is 41.9 Å². The summed E-state index contributed by atoms with van der Waals surface area (Å²) in [5, 5.41) is 6.13. The largest absolute Gasteiger partial charge is 0.488 e. The van der Waals surface area contributed by atoms with Crippen LogP contribution in [0.5, 0.6) is 5.75 Å². The third kappa shape index (κ3) is 6.17. The van der Waals surface area contributed by atoms with Crippen molar-refractivity contribution in [3.8, 4) is 5.75 Å². The van der Waals surface area contributed by atoms with E-state index in [0.29, 0.717) is 24.8 Å². The molecule has 6 heteroatoms. The molecule has 4 nitrogen and oxygen atoms in total. The zero-order valence-electron chi connectivity index (χ0n) is 11.4. The lowest BCUT2D eigenvalue weighted by molar-refractivity contribution is 0.0818. The van der Waals surface area contributed by atoms with Gasteiger partial charge >= 0.3 is 0 Å². The minimum atomic E-state index is -2.47. The molecule has 1 rings (SSSR count). The molecular weight excluding hydrogens is 264 g/mol. The Morgan fingerprint density at radius 2 is 2.25 bits per heavy atom. The van der Waals surface area contributed by atoms with Crippen molar-refractivity contribution in [3.05, 3.63) is 42.5 Å². The molecule has 1 aromatic carbocycles. The van der Waals surface area contributed by atoms with Gasteiger partial charge in [0.1, 0.15) is 12.4 Å². The Kier molecular flexibility index (Phi) is 7.10. The van der Waals surface area contributed by atoms with E-state index in [1.165, 1.54) is 0 Å². The van der Waals surface area contributed by atoms with Gasteiger partial charge in [-0.1, -0.05) is 18.2 Å². The van der Waals surface area contributed by atoms with Crippen LogP contribution in [0, 0.1) is 0 Å². The Morgan fingerprint density at radius 3 is 2.90 bits per heavy atom. The molecule has 0 saturated carbocycles. The zero-order chi connectivity index (χ0) is 14.8. The molecule has 110 valence electrons. The molecule has 0 amide bonds. The molecule has 0 aliphatic carbocycles. The summed E-state index contributed by atoms with van der Waals surface area (Å²) < 4.78 is 29.1. The van der Waals surface area contributed by atoms with Crippen molar-refractivity contribution in [2.45, 2.75) is 13.0 Å². The number of nitrogens with zero attached hydrogens (tertiary/aromatic N) is 1. The van der Waals surface area contributed by atoms with Gasteiger partial charge in [-0.05, 0) is 17.7 Å². The van der Waals surface area contributed by atoms with E-state index in [9.17, 15) is 8.78 Å². The molecule has 0 aliphatic heterocycles. The Balaban J connectivity index is 2.50. The van der Waals surface area contributed by atoms with Gasteiger partial charge in [0.25, 0.3) is 6.43 Å². The first kappa shape index (κ1) is 15.9. The molecule has 0 saturated heterocycles. The van der Waals surface area contributed by atoms with Crippen LogP contribution in [0.3, 0.4) is 0 Å². The first-order chi connectivity index (χ1) is 9.65. The number of aliphatic imine (C=N–C) groups is 1. The molecule has 0 fully saturated rings. The van der Waals surface area contributed by atoms with Crippen molar-refractivity contribution >= 4 is 5.96 Å². The molecule has 2 N–H and O–H groups in total. The van der Waals surface area contributed by atoms with Crippen LogP contribution in [0.2, 0.25) is 0 Å². The average molecular weight is 283 g/mol. The molecule has 0 atom stereocenters. The van der Waals surface area contributed by atoms with Crippen LogP contribution in [0.1, 0.15) is 5.56 Å². The quantitative estimate of drug-likeness (QED) is 0.458. The van der Waals surface area contributed by atoms with Crippen molar-refractivity contribution in [1.29, 1.82) is 0 Å². The molecule has 0 heterocycles. The standard InChI is InChI=1S/C14H19F2N3O/c1-3-7-18-14(17-2)19-9-11-5-4-6-12(8-11)20-10-13(15)16/h3-6,8,13H,1,7,9-10H2,2H3,(H2,17,18,19). The van der Waals surface area contributed by atoms with Gasteiger partial charge in [-0.15, -0.1) is 6.58 Å². The third-order valence-electron chi connectivity index (χ3n) is 2.37. The summed E-state index contributed by atoms with van der Waals surface area (Å²) in [4.78, 5) is 4.04. The maximum atomic E-state index is 12.1. The van der Waals surface area contributed by atoms with Gasteiger partial charge in [0.2, 0.25) is 0 Å². The van der Waals surface area contributed by atoms with Gasteiger partial charge in [-0.3, -0.25) is 4.99 Å². The van der Waals surface area contributed by atoms with Crippen molar-refractivity contribution in [2.24, 2.45) is 4.99 Å². The second kappa shape index (κ2) is 8.90. The summed E-state index contributed by atoms with van der Waals surface area (Å²) in [5.41, 5.74) is 0.915. The predicted molar refractivity (Wildman–Crippen MR) is 76.3 cm³/mol. The normalized spacial score (nSPS) is 11.3. The SMILES string of the molecule is C=CCNC(=NC)NCc1cccc(OCC(F)F)c1. The number of benzene rings is 1. The number of alkyl halides is 2. The van der Waals surface area contributed by atoms with E-state index in [4.69, 9.17) is 4.74 Å². The monoisotopic (exact) mass is 283 g/mol. The minimum Gasteiger partial charge on any atom is -0.488 e. The highest BCUT2D eigenvalue weighted by Gasteiger charge is 2.04. The number of rotatable bonds is 7. The highest BCUT2D eigenvalue weighted by Crippen LogP contribution is 2.14. The number of hydrogen-bond donors (Lipinski definition) is 2. The summed E-state index contributed by atoms with van der Waals surface area (Å²) in [6.07, 6.45) is -0.746. The van der Waals surface area contributed by atoms with Crippen LogP contribution in [-0.4, -0.2) is 32.6 Å². The number of guanidine groups is 1. The van der Waals surface area contributed by atoms with Crippen molar-refractivity contribution in [2.75, 3.05) is 20.2 Å². The molecule has 0 radical (unpaired) electrons. The number of halogens is 2. The number of ether oxygens (including phenoxy) is 1. The summed E-state index contributed by atoms with van der Waals surface area (Å²) in [5.74, 6) is 1.07. The van der Waals surface area contributed by atoms with E-state index in [1.54, 1.807) is 31.3 Å². The van der Waals surface area contributed by atoms with Gasteiger partial charge < -0.3 is 15.4 Å². The van der Waals surface area contributed by atoms with E-state index in [0.717, 1.165) is 5.56 Å². The molecule has 0 aliphatic rings. The van der Waals surface area contributed by atoms with E-state index in [-0.39, 0.29) is 0 Å². The van der Waals surface area contributed by atoms with Crippen molar-refractivity contribution < 1.29 is 13.5 Å². The van der Waals surface area contributed by atoms with Crippen LogP contribution in [0.4, 0.5) is 8.78 Å². The Bertz CT molecular complexity index is 450. The topological polar surface area (TPSA) is 45.7 Å². The highest BCUT2D eigenvalue weighted by molar-refractivity contribution is 5.79. The Labute approximate surface area is 117 Å². The predicted octanol–water partition coefficient (Wildman–Crippen LogP) is 2.18.